The van der Waals surface area contributed by atoms with E-state index in [0.29, 0.717) is 11.1 Å². The fourth-order valence-corrected chi connectivity index (χ4v) is 3.57. The minimum Gasteiger partial charge on any atom is -0.464 e. The number of carbonyl (C=O) groups is 2. The van der Waals surface area contributed by atoms with Gasteiger partial charge in [-0.05, 0) is 11.1 Å². The average Bonchev–Trinajstić information content (AvgIpc) is 3.44. The monoisotopic (exact) mass is 482 g/mol. The van der Waals surface area contributed by atoms with Gasteiger partial charge in [-0.25, -0.2) is 9.59 Å². The SMILES string of the molecule is COC(=O)c1[nH]c(N)c(C#N)c1-c1ccccc1.COC(=O)c1[nH]c(N)c(C#N)c1-c1ccccc1. The number of H-pyrrole nitrogens is 2. The van der Waals surface area contributed by atoms with Gasteiger partial charge < -0.3 is 30.9 Å². The van der Waals surface area contributed by atoms with E-state index in [1.165, 1.54) is 14.2 Å². The molecule has 10 heteroatoms. The van der Waals surface area contributed by atoms with Crippen molar-refractivity contribution in [2.75, 3.05) is 25.7 Å². The Kier molecular flexibility index (Phi) is 7.75. The second kappa shape index (κ2) is 11.1. The predicted octanol–water partition coefficient (Wildman–Crippen LogP) is 3.84. The number of benzene rings is 2. The number of rotatable bonds is 4. The Balaban J connectivity index is 0.000000201. The van der Waals surface area contributed by atoms with Crippen molar-refractivity contribution in [3.05, 3.63) is 83.2 Å². The van der Waals surface area contributed by atoms with E-state index in [2.05, 4.69) is 19.4 Å². The van der Waals surface area contributed by atoms with Crippen LogP contribution in [0.4, 0.5) is 11.6 Å². The quantitative estimate of drug-likeness (QED) is 0.316. The number of nitrogen functional groups attached to an aromatic ring is 2. The van der Waals surface area contributed by atoms with E-state index >= 15 is 0 Å². The lowest BCUT2D eigenvalue weighted by Gasteiger charge is -2.02. The number of hydrogen-bond acceptors (Lipinski definition) is 8. The fourth-order valence-electron chi connectivity index (χ4n) is 3.57. The maximum absolute atomic E-state index is 11.7. The van der Waals surface area contributed by atoms with Crippen LogP contribution >= 0.6 is 0 Å². The van der Waals surface area contributed by atoms with E-state index in [4.69, 9.17) is 22.0 Å². The van der Waals surface area contributed by atoms with Crippen molar-refractivity contribution in [2.45, 2.75) is 0 Å². The first kappa shape index (κ1) is 25.1. The zero-order chi connectivity index (χ0) is 26.2. The number of esters is 2. The molecule has 10 nitrogen and oxygen atoms in total. The van der Waals surface area contributed by atoms with E-state index in [1.54, 1.807) is 24.3 Å². The summed E-state index contributed by atoms with van der Waals surface area (Å²) in [4.78, 5) is 28.7. The van der Waals surface area contributed by atoms with Crippen LogP contribution in [0.15, 0.2) is 60.7 Å². The van der Waals surface area contributed by atoms with E-state index in [-0.39, 0.29) is 34.2 Å². The van der Waals surface area contributed by atoms with Gasteiger partial charge in [0.1, 0.15) is 46.3 Å². The molecule has 2 aromatic carbocycles. The average molecular weight is 483 g/mol. The van der Waals surface area contributed by atoms with Gasteiger partial charge in [0, 0.05) is 11.1 Å². The van der Waals surface area contributed by atoms with Crippen molar-refractivity contribution >= 4 is 23.6 Å². The zero-order valence-corrected chi connectivity index (χ0v) is 19.5. The molecule has 0 saturated carbocycles. The molecule has 0 bridgehead atoms. The lowest BCUT2D eigenvalue weighted by Crippen LogP contribution is -2.03. The van der Waals surface area contributed by atoms with Gasteiger partial charge in [-0.2, -0.15) is 10.5 Å². The minimum atomic E-state index is -0.554. The zero-order valence-electron chi connectivity index (χ0n) is 19.5. The lowest BCUT2D eigenvalue weighted by atomic mass is 10.0. The van der Waals surface area contributed by atoms with Crippen LogP contribution in [0.5, 0.6) is 0 Å². The van der Waals surface area contributed by atoms with Gasteiger partial charge in [-0.1, -0.05) is 60.7 Å². The van der Waals surface area contributed by atoms with Crippen LogP contribution in [0.25, 0.3) is 22.3 Å². The van der Waals surface area contributed by atoms with Crippen molar-refractivity contribution < 1.29 is 19.1 Å². The van der Waals surface area contributed by atoms with Crippen LogP contribution in [0.3, 0.4) is 0 Å². The molecule has 0 fully saturated rings. The molecule has 4 rings (SSSR count). The number of nitrogens with zero attached hydrogens (tertiary/aromatic N) is 2. The number of nitrogens with two attached hydrogens (primary N) is 2. The van der Waals surface area contributed by atoms with Crippen LogP contribution in [0.1, 0.15) is 32.1 Å². The number of carbonyl (C=O) groups excluding carboxylic acids is 2. The molecule has 36 heavy (non-hydrogen) atoms. The Morgan fingerprint density at radius 3 is 1.31 bits per heavy atom. The topological polar surface area (TPSA) is 184 Å². The third-order valence-electron chi connectivity index (χ3n) is 5.19. The fraction of sp³-hybridized carbons (Fsp3) is 0.0769. The summed E-state index contributed by atoms with van der Waals surface area (Å²) in [5.41, 5.74) is 14.7. The van der Waals surface area contributed by atoms with E-state index in [1.807, 2.05) is 48.5 Å². The summed E-state index contributed by atoms with van der Waals surface area (Å²) >= 11 is 0. The number of aromatic nitrogens is 2. The number of nitriles is 2. The van der Waals surface area contributed by atoms with Crippen molar-refractivity contribution in [3.63, 3.8) is 0 Å². The molecule has 2 aromatic heterocycles. The number of methoxy groups -OCH3 is 2. The van der Waals surface area contributed by atoms with Crippen LogP contribution in [-0.4, -0.2) is 36.1 Å². The summed E-state index contributed by atoms with van der Waals surface area (Å²) < 4.78 is 9.35. The van der Waals surface area contributed by atoms with Crippen LogP contribution < -0.4 is 11.5 Å². The van der Waals surface area contributed by atoms with Crippen LogP contribution in [-0.2, 0) is 9.47 Å². The highest BCUT2D eigenvalue weighted by atomic mass is 16.5. The van der Waals surface area contributed by atoms with Crippen molar-refractivity contribution in [3.8, 4) is 34.4 Å². The Morgan fingerprint density at radius 1 is 0.694 bits per heavy atom. The second-order valence-electron chi connectivity index (χ2n) is 7.27. The van der Waals surface area contributed by atoms with E-state index in [0.717, 1.165) is 11.1 Å². The summed E-state index contributed by atoms with van der Waals surface area (Å²) in [6, 6.07) is 22.2. The standard InChI is InChI=1S/2C13H11N3O2/c2*1-18-13(17)11-10(8-5-3-2-4-6-8)9(7-14)12(15)16-11/h2*2-6,16H,15H2,1H3. The minimum absolute atomic E-state index is 0.164. The van der Waals surface area contributed by atoms with Crippen molar-refractivity contribution in [1.29, 1.82) is 10.5 Å². The molecule has 0 aliphatic carbocycles. The van der Waals surface area contributed by atoms with E-state index in [9.17, 15) is 9.59 Å². The highest BCUT2D eigenvalue weighted by molar-refractivity contribution is 6.00. The van der Waals surface area contributed by atoms with Gasteiger partial charge in [0.05, 0.1) is 14.2 Å². The molecule has 0 aliphatic heterocycles. The molecule has 0 spiro atoms. The van der Waals surface area contributed by atoms with Gasteiger partial charge >= 0.3 is 11.9 Å². The maximum atomic E-state index is 11.7. The lowest BCUT2D eigenvalue weighted by molar-refractivity contribution is 0.0587. The molecule has 6 N–H and O–H groups in total. The first-order chi connectivity index (χ1) is 17.4. The summed E-state index contributed by atoms with van der Waals surface area (Å²) in [5, 5.41) is 18.3. The molecule has 0 radical (unpaired) electrons. The Morgan fingerprint density at radius 2 is 1.03 bits per heavy atom. The third kappa shape index (κ3) is 4.88. The highest BCUT2D eigenvalue weighted by Crippen LogP contribution is 2.32. The molecule has 0 amide bonds. The molecule has 0 aliphatic rings. The second-order valence-corrected chi connectivity index (χ2v) is 7.27. The normalized spacial score (nSPS) is 9.78. The summed E-state index contributed by atoms with van der Waals surface area (Å²) in [6.07, 6.45) is 0. The van der Waals surface area contributed by atoms with Crippen molar-refractivity contribution in [1.82, 2.24) is 9.97 Å². The predicted molar refractivity (Wildman–Crippen MR) is 133 cm³/mol. The number of aromatic amines is 2. The first-order valence-corrected chi connectivity index (χ1v) is 10.5. The van der Waals surface area contributed by atoms with Gasteiger partial charge in [-0.3, -0.25) is 0 Å². The molecule has 0 atom stereocenters. The largest absolute Gasteiger partial charge is 0.464 e. The number of ether oxygens (including phenoxy) is 2. The van der Waals surface area contributed by atoms with Gasteiger partial charge in [0.15, 0.2) is 0 Å². The molecule has 0 unspecified atom stereocenters. The Hall–Kier alpha value is -5.48. The van der Waals surface area contributed by atoms with E-state index < -0.39 is 11.9 Å². The van der Waals surface area contributed by atoms with Gasteiger partial charge in [0.2, 0.25) is 0 Å². The van der Waals surface area contributed by atoms with Gasteiger partial charge in [0.25, 0.3) is 0 Å². The van der Waals surface area contributed by atoms with Crippen LogP contribution in [0, 0.1) is 22.7 Å². The molecule has 180 valence electrons. The smallest absolute Gasteiger partial charge is 0.355 e. The van der Waals surface area contributed by atoms with Gasteiger partial charge in [-0.15, -0.1) is 0 Å². The molecular weight excluding hydrogens is 460 g/mol. The van der Waals surface area contributed by atoms with Crippen molar-refractivity contribution in [2.24, 2.45) is 0 Å². The summed E-state index contributed by atoms with van der Waals surface area (Å²) in [7, 11) is 2.56. The molecule has 0 saturated heterocycles. The Labute approximate surface area is 206 Å². The highest BCUT2D eigenvalue weighted by Gasteiger charge is 2.23. The Bertz CT molecular complexity index is 1360. The first-order valence-electron chi connectivity index (χ1n) is 10.5. The van der Waals surface area contributed by atoms with Crippen LogP contribution in [0.2, 0.25) is 0 Å². The summed E-state index contributed by atoms with van der Waals surface area (Å²) in [5.74, 6) is -0.780. The maximum Gasteiger partial charge on any atom is 0.355 e. The summed E-state index contributed by atoms with van der Waals surface area (Å²) in [6.45, 7) is 0. The third-order valence-corrected chi connectivity index (χ3v) is 5.19. The number of nitrogens with one attached hydrogen (secondary N) is 2. The number of hydrogen-bond donors (Lipinski definition) is 4. The number of anilines is 2. The molecular formula is C26H22N6O4. The molecule has 4 aromatic rings. The molecule has 2 heterocycles.